The number of aryl methyl sites for hydroxylation is 1. The van der Waals surface area contributed by atoms with Crippen LogP contribution in [0.5, 0.6) is 0 Å². The Labute approximate surface area is 88.5 Å². The van der Waals surface area contributed by atoms with Crippen LogP contribution in [0.2, 0.25) is 0 Å². The Balaban J connectivity index is 2.40. The van der Waals surface area contributed by atoms with Crippen molar-refractivity contribution in [1.82, 2.24) is 10.3 Å². The van der Waals surface area contributed by atoms with Crippen LogP contribution in [0.25, 0.3) is 10.9 Å². The third kappa shape index (κ3) is 1.86. The van der Waals surface area contributed by atoms with Crippen molar-refractivity contribution >= 4 is 16.8 Å². The number of amides is 1. The second-order valence-electron chi connectivity index (χ2n) is 3.68. The number of fused-ring (bicyclic) bond motifs is 1. The molecule has 78 valence electrons. The van der Waals surface area contributed by atoms with Crippen molar-refractivity contribution in [3.8, 4) is 0 Å². The van der Waals surface area contributed by atoms with Crippen LogP contribution in [0.15, 0.2) is 24.3 Å². The number of aromatic amines is 1. The molecule has 1 aromatic heterocycles. The predicted octanol–water partition coefficient (Wildman–Crippen LogP) is 2.11. The zero-order valence-corrected chi connectivity index (χ0v) is 8.92. The molecule has 0 unspecified atom stereocenters. The highest BCUT2D eigenvalue weighted by Crippen LogP contribution is 2.21. The Hall–Kier alpha value is -1.77. The minimum Gasteiger partial charge on any atom is -0.358 e. The van der Waals surface area contributed by atoms with E-state index in [0.717, 1.165) is 11.2 Å². The average Bonchev–Trinajstić information content (AvgIpc) is 2.50. The molecule has 2 N–H and O–H groups in total. The Kier molecular flexibility index (Phi) is 2.46. The zero-order valence-electron chi connectivity index (χ0n) is 8.92. The van der Waals surface area contributed by atoms with Gasteiger partial charge in [0.1, 0.15) is 0 Å². The molecule has 0 atom stereocenters. The van der Waals surface area contributed by atoms with Gasteiger partial charge >= 0.3 is 0 Å². The van der Waals surface area contributed by atoms with Crippen molar-refractivity contribution in [3.63, 3.8) is 0 Å². The number of carbonyl (C=O) groups excluding carboxylic acids is 1. The molecule has 0 bridgehead atoms. The van der Waals surface area contributed by atoms with E-state index in [4.69, 9.17) is 0 Å². The highest BCUT2D eigenvalue weighted by molar-refractivity contribution is 5.85. The summed E-state index contributed by atoms with van der Waals surface area (Å²) in [5, 5.41) is 4.01. The number of para-hydroxylation sites is 1. The highest BCUT2D eigenvalue weighted by Gasteiger charge is 2.07. The van der Waals surface area contributed by atoms with Crippen molar-refractivity contribution in [1.29, 1.82) is 0 Å². The fourth-order valence-electron chi connectivity index (χ4n) is 1.78. The Morgan fingerprint density at radius 2 is 2.13 bits per heavy atom. The molecule has 0 radical (unpaired) electrons. The summed E-state index contributed by atoms with van der Waals surface area (Å²) in [6, 6.07) is 8.11. The standard InChI is InChI=1S/C12H14N2O/c1-8-11(7-13-9(2)15)10-5-3-4-6-12(10)14-8/h3-6,14H,7H2,1-2H3,(H,13,15). The molecule has 15 heavy (non-hydrogen) atoms. The van der Waals surface area contributed by atoms with E-state index >= 15 is 0 Å². The lowest BCUT2D eigenvalue weighted by atomic mass is 10.1. The van der Waals surface area contributed by atoms with Crippen LogP contribution in [0.4, 0.5) is 0 Å². The number of hydrogen-bond acceptors (Lipinski definition) is 1. The maximum absolute atomic E-state index is 10.9. The number of aromatic nitrogens is 1. The lowest BCUT2D eigenvalue weighted by Gasteiger charge is -2.01. The van der Waals surface area contributed by atoms with E-state index in [-0.39, 0.29) is 5.91 Å². The molecule has 0 aliphatic rings. The quantitative estimate of drug-likeness (QED) is 0.769. The lowest BCUT2D eigenvalue weighted by molar-refractivity contribution is -0.119. The molecule has 1 amide bonds. The molecular weight excluding hydrogens is 188 g/mol. The summed E-state index contributed by atoms with van der Waals surface area (Å²) in [6.45, 7) is 4.15. The van der Waals surface area contributed by atoms with Crippen molar-refractivity contribution < 1.29 is 4.79 Å². The summed E-state index contributed by atoms with van der Waals surface area (Å²) < 4.78 is 0. The van der Waals surface area contributed by atoms with E-state index in [1.54, 1.807) is 0 Å². The molecule has 0 fully saturated rings. The first kappa shape index (κ1) is 9.77. The van der Waals surface area contributed by atoms with E-state index < -0.39 is 0 Å². The van der Waals surface area contributed by atoms with E-state index in [0.29, 0.717) is 6.54 Å². The average molecular weight is 202 g/mol. The molecule has 2 rings (SSSR count). The topological polar surface area (TPSA) is 44.9 Å². The highest BCUT2D eigenvalue weighted by atomic mass is 16.1. The Morgan fingerprint density at radius 3 is 2.87 bits per heavy atom. The first-order valence-corrected chi connectivity index (χ1v) is 4.99. The fourth-order valence-corrected chi connectivity index (χ4v) is 1.78. The third-order valence-corrected chi connectivity index (χ3v) is 2.54. The van der Waals surface area contributed by atoms with E-state index in [1.165, 1.54) is 17.9 Å². The maximum atomic E-state index is 10.9. The lowest BCUT2D eigenvalue weighted by Crippen LogP contribution is -2.19. The van der Waals surface area contributed by atoms with Crippen molar-refractivity contribution in [2.75, 3.05) is 0 Å². The molecule has 3 heteroatoms. The second-order valence-corrected chi connectivity index (χ2v) is 3.68. The molecule has 2 aromatic rings. The van der Waals surface area contributed by atoms with Gasteiger partial charge in [-0.15, -0.1) is 0 Å². The predicted molar refractivity (Wildman–Crippen MR) is 60.6 cm³/mol. The van der Waals surface area contributed by atoms with Crippen molar-refractivity contribution in [2.24, 2.45) is 0 Å². The van der Waals surface area contributed by atoms with Gasteiger partial charge in [-0.2, -0.15) is 0 Å². The number of hydrogen-bond donors (Lipinski definition) is 2. The SMILES string of the molecule is CC(=O)NCc1c(C)[nH]c2ccccc12. The van der Waals surface area contributed by atoms with Gasteiger partial charge in [-0.05, 0) is 18.6 Å². The number of carbonyl (C=O) groups is 1. The minimum absolute atomic E-state index is 0.000295. The van der Waals surface area contributed by atoms with Crippen LogP contribution in [-0.2, 0) is 11.3 Å². The van der Waals surface area contributed by atoms with Crippen molar-refractivity contribution in [2.45, 2.75) is 20.4 Å². The van der Waals surface area contributed by atoms with Crippen molar-refractivity contribution in [3.05, 3.63) is 35.5 Å². The van der Waals surface area contributed by atoms with Gasteiger partial charge in [0.05, 0.1) is 0 Å². The van der Waals surface area contributed by atoms with Gasteiger partial charge in [-0.1, -0.05) is 18.2 Å². The first-order chi connectivity index (χ1) is 7.18. The Morgan fingerprint density at radius 1 is 1.40 bits per heavy atom. The summed E-state index contributed by atoms with van der Waals surface area (Å²) in [6.07, 6.45) is 0. The molecule has 0 saturated heterocycles. The molecule has 0 saturated carbocycles. The number of nitrogens with one attached hydrogen (secondary N) is 2. The second kappa shape index (κ2) is 3.77. The largest absolute Gasteiger partial charge is 0.358 e. The van der Waals surface area contributed by atoms with Gasteiger partial charge in [0.15, 0.2) is 0 Å². The number of rotatable bonds is 2. The summed E-state index contributed by atoms with van der Waals surface area (Å²) >= 11 is 0. The first-order valence-electron chi connectivity index (χ1n) is 4.99. The summed E-state index contributed by atoms with van der Waals surface area (Å²) in [4.78, 5) is 14.2. The molecule has 1 aromatic carbocycles. The van der Waals surface area contributed by atoms with E-state index in [1.807, 2.05) is 25.1 Å². The normalized spacial score (nSPS) is 10.5. The van der Waals surface area contributed by atoms with Crippen LogP contribution >= 0.6 is 0 Å². The van der Waals surface area contributed by atoms with Crippen LogP contribution in [-0.4, -0.2) is 10.9 Å². The molecule has 1 heterocycles. The maximum Gasteiger partial charge on any atom is 0.217 e. The van der Waals surface area contributed by atoms with Gasteiger partial charge in [-0.3, -0.25) is 4.79 Å². The van der Waals surface area contributed by atoms with Gasteiger partial charge < -0.3 is 10.3 Å². The van der Waals surface area contributed by atoms with Crippen LogP contribution in [0, 0.1) is 6.92 Å². The Bertz CT molecular complexity index is 499. The fraction of sp³-hybridized carbons (Fsp3) is 0.250. The van der Waals surface area contributed by atoms with Gasteiger partial charge in [0.2, 0.25) is 5.91 Å². The molecule has 0 aliphatic carbocycles. The van der Waals surface area contributed by atoms with Gasteiger partial charge in [0, 0.05) is 30.1 Å². The van der Waals surface area contributed by atoms with Gasteiger partial charge in [-0.25, -0.2) is 0 Å². The van der Waals surface area contributed by atoms with Crippen LogP contribution in [0.3, 0.4) is 0 Å². The molecule has 3 nitrogen and oxygen atoms in total. The minimum atomic E-state index is -0.000295. The third-order valence-electron chi connectivity index (χ3n) is 2.54. The zero-order chi connectivity index (χ0) is 10.8. The summed E-state index contributed by atoms with van der Waals surface area (Å²) in [7, 11) is 0. The van der Waals surface area contributed by atoms with Crippen LogP contribution in [0.1, 0.15) is 18.2 Å². The monoisotopic (exact) mass is 202 g/mol. The number of benzene rings is 1. The van der Waals surface area contributed by atoms with Crippen LogP contribution < -0.4 is 5.32 Å². The molecule has 0 spiro atoms. The molecule has 0 aliphatic heterocycles. The summed E-state index contributed by atoms with van der Waals surface area (Å²) in [5.41, 5.74) is 3.40. The van der Waals surface area contributed by atoms with Gasteiger partial charge in [0.25, 0.3) is 0 Å². The smallest absolute Gasteiger partial charge is 0.217 e. The summed E-state index contributed by atoms with van der Waals surface area (Å²) in [5.74, 6) is -0.000295. The van der Waals surface area contributed by atoms with E-state index in [2.05, 4.69) is 16.4 Å². The van der Waals surface area contributed by atoms with E-state index in [9.17, 15) is 4.79 Å². The molecular formula is C12H14N2O. The number of H-pyrrole nitrogens is 1.